The van der Waals surface area contributed by atoms with Gasteiger partial charge in [-0.2, -0.15) is 0 Å². The Labute approximate surface area is 114 Å². The molecular formula is C17H20O2. The standard InChI is InChI=1S/C17H20O2/c1-4-8-14-13(5-2)17(11-19-12(3)18)16-10-7-6-9-15(14)16/h4,6-10,17H,5,11H2,1-3H3/b8-4-. The van der Waals surface area contributed by atoms with E-state index in [0.717, 1.165) is 6.42 Å². The molecule has 1 aliphatic carbocycles. The number of benzene rings is 1. The van der Waals surface area contributed by atoms with E-state index < -0.39 is 0 Å². The molecule has 1 aromatic rings. The zero-order chi connectivity index (χ0) is 13.8. The van der Waals surface area contributed by atoms with E-state index in [9.17, 15) is 4.79 Å². The molecule has 0 radical (unpaired) electrons. The van der Waals surface area contributed by atoms with Crippen LogP contribution in [0.5, 0.6) is 0 Å². The van der Waals surface area contributed by atoms with Crippen LogP contribution in [-0.2, 0) is 9.53 Å². The van der Waals surface area contributed by atoms with Gasteiger partial charge in [-0.1, -0.05) is 48.9 Å². The van der Waals surface area contributed by atoms with Gasteiger partial charge >= 0.3 is 5.97 Å². The van der Waals surface area contributed by atoms with Gasteiger partial charge in [0.2, 0.25) is 0 Å². The first-order chi connectivity index (χ1) is 9.19. The predicted octanol–water partition coefficient (Wildman–Crippen LogP) is 4.09. The van der Waals surface area contributed by atoms with Crippen molar-refractivity contribution in [3.63, 3.8) is 0 Å². The number of hydrogen-bond acceptors (Lipinski definition) is 2. The summed E-state index contributed by atoms with van der Waals surface area (Å²) in [4.78, 5) is 11.1. The Morgan fingerprint density at radius 2 is 2.11 bits per heavy atom. The van der Waals surface area contributed by atoms with Gasteiger partial charge in [-0.25, -0.2) is 0 Å². The Bertz CT molecular complexity index is 538. The highest BCUT2D eigenvalue weighted by Crippen LogP contribution is 2.43. The van der Waals surface area contributed by atoms with Crippen molar-refractivity contribution in [2.45, 2.75) is 33.1 Å². The van der Waals surface area contributed by atoms with E-state index in [2.05, 4.69) is 37.3 Å². The molecule has 19 heavy (non-hydrogen) atoms. The zero-order valence-electron chi connectivity index (χ0n) is 11.8. The second-order valence-electron chi connectivity index (χ2n) is 4.73. The fourth-order valence-electron chi connectivity index (χ4n) is 2.79. The van der Waals surface area contributed by atoms with Crippen LogP contribution in [0.2, 0.25) is 0 Å². The Kier molecular flexibility index (Phi) is 4.20. The van der Waals surface area contributed by atoms with Crippen molar-refractivity contribution in [1.82, 2.24) is 0 Å². The smallest absolute Gasteiger partial charge is 0.302 e. The molecule has 0 heterocycles. The van der Waals surface area contributed by atoms with Gasteiger partial charge in [0.05, 0.1) is 0 Å². The van der Waals surface area contributed by atoms with Gasteiger partial charge in [0, 0.05) is 12.8 Å². The number of fused-ring (bicyclic) bond motifs is 1. The van der Waals surface area contributed by atoms with Crippen molar-refractivity contribution < 1.29 is 9.53 Å². The summed E-state index contributed by atoms with van der Waals surface area (Å²) in [5, 5.41) is 0. The maximum atomic E-state index is 11.1. The van der Waals surface area contributed by atoms with E-state index in [4.69, 9.17) is 4.74 Å². The highest BCUT2D eigenvalue weighted by molar-refractivity contribution is 5.84. The van der Waals surface area contributed by atoms with Gasteiger partial charge in [0.25, 0.3) is 0 Å². The average molecular weight is 256 g/mol. The van der Waals surface area contributed by atoms with Crippen LogP contribution in [0.3, 0.4) is 0 Å². The summed E-state index contributed by atoms with van der Waals surface area (Å²) in [6.45, 7) is 6.09. The van der Waals surface area contributed by atoms with Crippen LogP contribution in [0.15, 0.2) is 42.0 Å². The van der Waals surface area contributed by atoms with E-state index >= 15 is 0 Å². The Morgan fingerprint density at radius 1 is 1.37 bits per heavy atom. The van der Waals surface area contributed by atoms with Crippen LogP contribution in [0.1, 0.15) is 44.2 Å². The molecule has 0 fully saturated rings. The average Bonchev–Trinajstić information content (AvgIpc) is 2.70. The number of ether oxygens (including phenoxy) is 1. The number of carbonyl (C=O) groups is 1. The van der Waals surface area contributed by atoms with Crippen LogP contribution in [-0.4, -0.2) is 12.6 Å². The summed E-state index contributed by atoms with van der Waals surface area (Å²) in [5.74, 6) is -0.0104. The van der Waals surface area contributed by atoms with Gasteiger partial charge in [-0.3, -0.25) is 4.79 Å². The minimum Gasteiger partial charge on any atom is -0.465 e. The van der Waals surface area contributed by atoms with Crippen molar-refractivity contribution >= 4 is 11.5 Å². The molecule has 2 rings (SSSR count). The van der Waals surface area contributed by atoms with E-state index in [1.54, 1.807) is 0 Å². The lowest BCUT2D eigenvalue weighted by molar-refractivity contribution is -0.141. The molecule has 1 atom stereocenters. The van der Waals surface area contributed by atoms with Gasteiger partial charge in [0.1, 0.15) is 6.61 Å². The van der Waals surface area contributed by atoms with E-state index in [1.165, 1.54) is 29.2 Å². The maximum absolute atomic E-state index is 11.1. The highest BCUT2D eigenvalue weighted by Gasteiger charge is 2.29. The van der Waals surface area contributed by atoms with E-state index in [1.807, 2.05) is 13.0 Å². The number of hydrogen-bond donors (Lipinski definition) is 0. The topological polar surface area (TPSA) is 26.3 Å². The van der Waals surface area contributed by atoms with Crippen LogP contribution in [0, 0.1) is 0 Å². The number of rotatable bonds is 4. The minimum absolute atomic E-state index is 0.205. The van der Waals surface area contributed by atoms with E-state index in [0.29, 0.717) is 6.61 Å². The third-order valence-electron chi connectivity index (χ3n) is 3.56. The molecule has 0 aliphatic heterocycles. The molecule has 0 aromatic heterocycles. The maximum Gasteiger partial charge on any atom is 0.302 e. The Balaban J connectivity index is 2.43. The Morgan fingerprint density at radius 3 is 2.74 bits per heavy atom. The van der Waals surface area contributed by atoms with Crippen LogP contribution in [0.25, 0.3) is 5.57 Å². The molecule has 0 spiro atoms. The zero-order valence-corrected chi connectivity index (χ0v) is 11.8. The van der Waals surface area contributed by atoms with Gasteiger partial charge in [-0.15, -0.1) is 0 Å². The number of allylic oxidation sites excluding steroid dienone is 3. The second-order valence-corrected chi connectivity index (χ2v) is 4.73. The molecule has 0 bridgehead atoms. The molecule has 100 valence electrons. The molecule has 0 saturated carbocycles. The normalized spacial score (nSPS) is 17.9. The molecule has 1 aromatic carbocycles. The molecule has 2 heteroatoms. The SMILES string of the molecule is C/C=C\C1=C(CC)C(COC(C)=O)c2ccccc21. The van der Waals surface area contributed by atoms with E-state index in [-0.39, 0.29) is 11.9 Å². The van der Waals surface area contributed by atoms with Crippen molar-refractivity contribution in [2.24, 2.45) is 0 Å². The third kappa shape index (κ3) is 2.62. The van der Waals surface area contributed by atoms with Crippen LogP contribution < -0.4 is 0 Å². The quantitative estimate of drug-likeness (QED) is 0.758. The lowest BCUT2D eigenvalue weighted by atomic mass is 9.95. The largest absolute Gasteiger partial charge is 0.465 e. The lowest BCUT2D eigenvalue weighted by Crippen LogP contribution is -2.11. The highest BCUT2D eigenvalue weighted by atomic mass is 16.5. The first-order valence-electron chi connectivity index (χ1n) is 6.77. The predicted molar refractivity (Wildman–Crippen MR) is 77.8 cm³/mol. The molecular weight excluding hydrogens is 236 g/mol. The summed E-state index contributed by atoms with van der Waals surface area (Å²) in [5.41, 5.74) is 5.20. The minimum atomic E-state index is -0.215. The lowest BCUT2D eigenvalue weighted by Gasteiger charge is -2.15. The molecule has 2 nitrogen and oxygen atoms in total. The second kappa shape index (κ2) is 5.87. The van der Waals surface area contributed by atoms with Crippen LogP contribution in [0.4, 0.5) is 0 Å². The number of carbonyl (C=O) groups excluding carboxylic acids is 1. The van der Waals surface area contributed by atoms with Gasteiger partial charge in [-0.05, 0) is 30.0 Å². The van der Waals surface area contributed by atoms with Gasteiger partial charge < -0.3 is 4.74 Å². The molecule has 0 amide bonds. The molecule has 1 unspecified atom stereocenters. The summed E-state index contributed by atoms with van der Waals surface area (Å²) in [6.07, 6.45) is 5.20. The molecule has 0 saturated heterocycles. The third-order valence-corrected chi connectivity index (χ3v) is 3.56. The monoisotopic (exact) mass is 256 g/mol. The molecule has 0 N–H and O–H groups in total. The summed E-state index contributed by atoms with van der Waals surface area (Å²) in [6, 6.07) is 8.39. The van der Waals surface area contributed by atoms with Crippen molar-refractivity contribution in [2.75, 3.05) is 6.61 Å². The Hall–Kier alpha value is -1.83. The summed E-state index contributed by atoms with van der Waals surface area (Å²) >= 11 is 0. The fourth-order valence-corrected chi connectivity index (χ4v) is 2.79. The fraction of sp³-hybridized carbons (Fsp3) is 0.353. The van der Waals surface area contributed by atoms with Crippen molar-refractivity contribution in [3.8, 4) is 0 Å². The first kappa shape index (κ1) is 13.6. The van der Waals surface area contributed by atoms with Crippen molar-refractivity contribution in [3.05, 3.63) is 53.1 Å². The first-order valence-corrected chi connectivity index (χ1v) is 6.77. The molecule has 1 aliphatic rings. The summed E-state index contributed by atoms with van der Waals surface area (Å²) in [7, 11) is 0. The van der Waals surface area contributed by atoms with Crippen LogP contribution >= 0.6 is 0 Å². The summed E-state index contributed by atoms with van der Waals surface area (Å²) < 4.78 is 5.24. The van der Waals surface area contributed by atoms with Crippen molar-refractivity contribution in [1.29, 1.82) is 0 Å². The number of esters is 1. The van der Waals surface area contributed by atoms with Gasteiger partial charge in [0.15, 0.2) is 0 Å².